The fourth-order valence-corrected chi connectivity index (χ4v) is 2.41. The van der Waals surface area contributed by atoms with E-state index in [1.807, 2.05) is 6.07 Å². The normalized spacial score (nSPS) is 9.89. The quantitative estimate of drug-likeness (QED) is 0.680. The third kappa shape index (κ3) is 4.34. The second kappa shape index (κ2) is 8.51. The van der Waals surface area contributed by atoms with Crippen LogP contribution in [0.4, 0.5) is 17.2 Å². The minimum atomic E-state index is -0.420. The van der Waals surface area contributed by atoms with Crippen LogP contribution in [-0.4, -0.2) is 30.1 Å². The second-order valence-corrected chi connectivity index (χ2v) is 5.62. The van der Waals surface area contributed by atoms with E-state index in [4.69, 9.17) is 14.7 Å². The van der Waals surface area contributed by atoms with E-state index in [2.05, 4.69) is 20.6 Å². The minimum absolute atomic E-state index is 0.148. The summed E-state index contributed by atoms with van der Waals surface area (Å²) < 4.78 is 10.5. The Kier molecular flexibility index (Phi) is 5.67. The molecule has 0 aliphatic carbocycles. The number of amides is 1. The zero-order chi connectivity index (χ0) is 19.9. The van der Waals surface area contributed by atoms with Gasteiger partial charge in [-0.1, -0.05) is 6.07 Å². The van der Waals surface area contributed by atoms with Crippen molar-refractivity contribution in [2.24, 2.45) is 0 Å². The van der Waals surface area contributed by atoms with Crippen LogP contribution in [0.5, 0.6) is 11.5 Å². The molecule has 0 fully saturated rings. The number of methoxy groups -OCH3 is 2. The van der Waals surface area contributed by atoms with E-state index in [9.17, 15) is 4.79 Å². The van der Waals surface area contributed by atoms with E-state index in [0.717, 1.165) is 0 Å². The molecule has 0 spiro atoms. The predicted molar refractivity (Wildman–Crippen MR) is 104 cm³/mol. The molecule has 8 nitrogen and oxygen atoms in total. The molecule has 0 atom stereocenters. The summed E-state index contributed by atoms with van der Waals surface area (Å²) in [4.78, 5) is 20.7. The van der Waals surface area contributed by atoms with Gasteiger partial charge in [-0.2, -0.15) is 5.26 Å². The first-order chi connectivity index (χ1) is 13.6. The average Bonchev–Trinajstić information content (AvgIpc) is 2.74. The van der Waals surface area contributed by atoms with Crippen molar-refractivity contribution >= 4 is 23.1 Å². The summed E-state index contributed by atoms with van der Waals surface area (Å²) in [5, 5.41) is 14.7. The number of benzene rings is 2. The topological polar surface area (TPSA) is 109 Å². The van der Waals surface area contributed by atoms with Crippen molar-refractivity contribution in [3.8, 4) is 17.6 Å². The van der Waals surface area contributed by atoms with Gasteiger partial charge in [0.2, 0.25) is 0 Å². The molecule has 2 N–H and O–H groups in total. The molecule has 140 valence electrons. The summed E-state index contributed by atoms with van der Waals surface area (Å²) in [6.45, 7) is 0. The van der Waals surface area contributed by atoms with Crippen molar-refractivity contribution in [3.63, 3.8) is 0 Å². The molecule has 0 saturated carbocycles. The summed E-state index contributed by atoms with van der Waals surface area (Å²) in [7, 11) is 3.13. The summed E-state index contributed by atoms with van der Waals surface area (Å²) in [5.41, 5.74) is 1.80. The zero-order valence-electron chi connectivity index (χ0n) is 15.3. The van der Waals surface area contributed by atoms with Crippen LogP contribution in [0.15, 0.2) is 54.9 Å². The molecular weight excluding hydrogens is 358 g/mol. The Hall–Kier alpha value is -4.12. The second-order valence-electron chi connectivity index (χ2n) is 5.62. The number of carbonyl (C=O) groups is 1. The van der Waals surface area contributed by atoms with E-state index < -0.39 is 5.91 Å². The average molecular weight is 375 g/mol. The molecule has 0 saturated heterocycles. The van der Waals surface area contributed by atoms with Crippen molar-refractivity contribution in [1.82, 2.24) is 9.97 Å². The lowest BCUT2D eigenvalue weighted by Gasteiger charge is -2.12. The number of nitriles is 1. The van der Waals surface area contributed by atoms with Gasteiger partial charge in [-0.05, 0) is 30.3 Å². The zero-order valence-corrected chi connectivity index (χ0v) is 15.3. The fraction of sp³-hybridized carbons (Fsp3) is 0.100. The molecule has 0 aliphatic rings. The first-order valence-corrected chi connectivity index (χ1v) is 8.25. The highest BCUT2D eigenvalue weighted by atomic mass is 16.5. The summed E-state index contributed by atoms with van der Waals surface area (Å²) in [6, 6.07) is 14.0. The highest BCUT2D eigenvalue weighted by Gasteiger charge is 2.10. The monoisotopic (exact) mass is 375 g/mol. The lowest BCUT2D eigenvalue weighted by atomic mass is 10.2. The standard InChI is InChI=1S/C20H17N5O3/c1-27-15-6-7-16(18(9-15)28-2)25-19-12-22-17(11-23-19)20(26)24-14-5-3-4-13(8-14)10-21/h3-9,11-12H,1-2H3,(H,23,25)(H,24,26). The van der Waals surface area contributed by atoms with Gasteiger partial charge >= 0.3 is 0 Å². The van der Waals surface area contributed by atoms with Crippen molar-refractivity contribution in [3.05, 3.63) is 66.1 Å². The fourth-order valence-electron chi connectivity index (χ4n) is 2.41. The highest BCUT2D eigenvalue weighted by Crippen LogP contribution is 2.30. The van der Waals surface area contributed by atoms with Crippen molar-refractivity contribution < 1.29 is 14.3 Å². The number of aromatic nitrogens is 2. The van der Waals surface area contributed by atoms with Crippen LogP contribution in [0.1, 0.15) is 16.1 Å². The summed E-state index contributed by atoms with van der Waals surface area (Å²) in [5.74, 6) is 1.28. The molecule has 1 aromatic heterocycles. The maximum Gasteiger partial charge on any atom is 0.275 e. The number of nitrogens with one attached hydrogen (secondary N) is 2. The van der Waals surface area contributed by atoms with Gasteiger partial charge in [-0.15, -0.1) is 0 Å². The van der Waals surface area contributed by atoms with Gasteiger partial charge in [0.1, 0.15) is 23.0 Å². The van der Waals surface area contributed by atoms with Crippen molar-refractivity contribution in [1.29, 1.82) is 5.26 Å². The maximum atomic E-state index is 12.3. The van der Waals surface area contributed by atoms with Crippen LogP contribution < -0.4 is 20.1 Å². The SMILES string of the molecule is COc1ccc(Nc2cnc(C(=O)Nc3cccc(C#N)c3)cn2)c(OC)c1. The van der Waals surface area contributed by atoms with Crippen molar-refractivity contribution in [2.75, 3.05) is 24.9 Å². The van der Waals surface area contributed by atoms with E-state index in [1.54, 1.807) is 56.7 Å². The van der Waals surface area contributed by atoms with Crippen LogP contribution >= 0.6 is 0 Å². The van der Waals surface area contributed by atoms with E-state index in [0.29, 0.717) is 34.3 Å². The lowest BCUT2D eigenvalue weighted by molar-refractivity contribution is 0.102. The van der Waals surface area contributed by atoms with Gasteiger partial charge in [-0.25, -0.2) is 9.97 Å². The molecule has 2 aromatic carbocycles. The largest absolute Gasteiger partial charge is 0.497 e. The Morgan fingerprint density at radius 1 is 1.07 bits per heavy atom. The number of ether oxygens (including phenoxy) is 2. The molecule has 1 amide bonds. The van der Waals surface area contributed by atoms with Gasteiger partial charge in [-0.3, -0.25) is 4.79 Å². The highest BCUT2D eigenvalue weighted by molar-refractivity contribution is 6.02. The molecule has 28 heavy (non-hydrogen) atoms. The molecular formula is C20H17N5O3. The van der Waals surface area contributed by atoms with E-state index in [-0.39, 0.29) is 5.69 Å². The third-order valence-corrected chi connectivity index (χ3v) is 3.81. The number of carbonyl (C=O) groups excluding carboxylic acids is 1. The van der Waals surface area contributed by atoms with Crippen LogP contribution in [-0.2, 0) is 0 Å². The molecule has 3 rings (SSSR count). The predicted octanol–water partition coefficient (Wildman–Crippen LogP) is 3.36. The summed E-state index contributed by atoms with van der Waals surface area (Å²) >= 11 is 0. The van der Waals surface area contributed by atoms with Crippen LogP contribution in [0, 0.1) is 11.3 Å². The van der Waals surface area contributed by atoms with Gasteiger partial charge in [0.15, 0.2) is 0 Å². The Labute approximate surface area is 161 Å². The minimum Gasteiger partial charge on any atom is -0.497 e. The Morgan fingerprint density at radius 2 is 1.93 bits per heavy atom. The molecule has 0 aliphatic heterocycles. The molecule has 3 aromatic rings. The van der Waals surface area contributed by atoms with Gasteiger partial charge < -0.3 is 20.1 Å². The Morgan fingerprint density at radius 3 is 2.61 bits per heavy atom. The first-order valence-electron chi connectivity index (χ1n) is 8.25. The van der Waals surface area contributed by atoms with Gasteiger partial charge in [0, 0.05) is 11.8 Å². The Balaban J connectivity index is 1.71. The van der Waals surface area contributed by atoms with Crippen LogP contribution in [0.2, 0.25) is 0 Å². The number of hydrogen-bond acceptors (Lipinski definition) is 7. The maximum absolute atomic E-state index is 12.3. The number of anilines is 3. The number of hydrogen-bond donors (Lipinski definition) is 2. The summed E-state index contributed by atoms with van der Waals surface area (Å²) in [6.07, 6.45) is 2.81. The van der Waals surface area contributed by atoms with Crippen LogP contribution in [0.25, 0.3) is 0 Å². The number of nitrogens with zero attached hydrogens (tertiary/aromatic N) is 3. The number of rotatable bonds is 6. The molecule has 8 heteroatoms. The lowest BCUT2D eigenvalue weighted by Crippen LogP contribution is -2.14. The Bertz CT molecular complexity index is 1030. The van der Waals surface area contributed by atoms with Crippen LogP contribution in [0.3, 0.4) is 0 Å². The van der Waals surface area contributed by atoms with E-state index >= 15 is 0 Å². The van der Waals surface area contributed by atoms with Crippen molar-refractivity contribution in [2.45, 2.75) is 0 Å². The van der Waals surface area contributed by atoms with Gasteiger partial charge in [0.05, 0.1) is 43.9 Å². The van der Waals surface area contributed by atoms with E-state index in [1.165, 1.54) is 12.4 Å². The molecule has 0 radical (unpaired) electrons. The molecule has 0 bridgehead atoms. The molecule has 0 unspecified atom stereocenters. The molecule has 1 heterocycles. The van der Waals surface area contributed by atoms with Gasteiger partial charge in [0.25, 0.3) is 5.91 Å². The smallest absolute Gasteiger partial charge is 0.275 e. The third-order valence-electron chi connectivity index (χ3n) is 3.81. The first kappa shape index (κ1) is 18.7.